The fraction of sp³-hybridized carbons (Fsp3) is 0.909. The Morgan fingerprint density at radius 1 is 1.27 bits per heavy atom. The molecule has 0 fully saturated rings. The summed E-state index contributed by atoms with van der Waals surface area (Å²) in [6.45, 7) is 6.56. The van der Waals surface area contributed by atoms with E-state index in [0.717, 1.165) is 19.5 Å². The summed E-state index contributed by atoms with van der Waals surface area (Å²) in [7, 11) is 5.54. The SMILES string of the molecule is COC(=O)CN(CCCN(C)C)C(C)C. The maximum atomic E-state index is 11.1. The molecule has 0 aliphatic rings. The van der Waals surface area contributed by atoms with E-state index in [4.69, 9.17) is 0 Å². The molecule has 0 amide bonds. The number of carbonyl (C=O) groups excluding carboxylic acids is 1. The van der Waals surface area contributed by atoms with Gasteiger partial charge in [-0.15, -0.1) is 0 Å². The molecule has 0 aromatic heterocycles. The lowest BCUT2D eigenvalue weighted by Crippen LogP contribution is -2.37. The van der Waals surface area contributed by atoms with E-state index < -0.39 is 0 Å². The van der Waals surface area contributed by atoms with E-state index >= 15 is 0 Å². The van der Waals surface area contributed by atoms with Crippen LogP contribution in [-0.2, 0) is 9.53 Å². The van der Waals surface area contributed by atoms with Gasteiger partial charge in [-0.3, -0.25) is 9.69 Å². The first-order valence-corrected chi connectivity index (χ1v) is 5.43. The molecule has 0 radical (unpaired) electrons. The van der Waals surface area contributed by atoms with Crippen LogP contribution in [0, 0.1) is 0 Å². The summed E-state index contributed by atoms with van der Waals surface area (Å²) in [5.74, 6) is -0.159. The van der Waals surface area contributed by atoms with Gasteiger partial charge in [-0.2, -0.15) is 0 Å². The van der Waals surface area contributed by atoms with Crippen molar-refractivity contribution in [3.05, 3.63) is 0 Å². The van der Waals surface area contributed by atoms with Crippen molar-refractivity contribution >= 4 is 5.97 Å². The first kappa shape index (κ1) is 14.4. The van der Waals surface area contributed by atoms with E-state index in [1.54, 1.807) is 0 Å². The Kier molecular flexibility index (Phi) is 7.34. The number of ether oxygens (including phenoxy) is 1. The third-order valence-corrected chi connectivity index (χ3v) is 2.34. The van der Waals surface area contributed by atoms with Crippen molar-refractivity contribution in [2.24, 2.45) is 0 Å². The zero-order valence-electron chi connectivity index (χ0n) is 10.6. The van der Waals surface area contributed by atoms with Crippen LogP contribution in [0.15, 0.2) is 0 Å². The van der Waals surface area contributed by atoms with E-state index in [1.165, 1.54) is 7.11 Å². The van der Waals surface area contributed by atoms with Crippen molar-refractivity contribution in [2.75, 3.05) is 40.8 Å². The monoisotopic (exact) mass is 216 g/mol. The minimum atomic E-state index is -0.159. The Morgan fingerprint density at radius 3 is 2.27 bits per heavy atom. The lowest BCUT2D eigenvalue weighted by molar-refractivity contribution is -0.142. The average molecular weight is 216 g/mol. The fourth-order valence-electron chi connectivity index (χ4n) is 1.34. The van der Waals surface area contributed by atoms with Gasteiger partial charge in [0.15, 0.2) is 0 Å². The highest BCUT2D eigenvalue weighted by Gasteiger charge is 2.13. The van der Waals surface area contributed by atoms with Crippen LogP contribution in [0.3, 0.4) is 0 Å². The molecule has 0 rings (SSSR count). The van der Waals surface area contributed by atoms with E-state index in [2.05, 4.69) is 42.5 Å². The molecule has 0 atom stereocenters. The Hall–Kier alpha value is -0.610. The van der Waals surface area contributed by atoms with Crippen LogP contribution < -0.4 is 0 Å². The molecule has 0 spiro atoms. The number of rotatable bonds is 7. The normalized spacial score (nSPS) is 11.5. The highest BCUT2D eigenvalue weighted by atomic mass is 16.5. The van der Waals surface area contributed by atoms with E-state index in [9.17, 15) is 4.79 Å². The summed E-state index contributed by atoms with van der Waals surface area (Å²) in [5, 5.41) is 0. The van der Waals surface area contributed by atoms with Gasteiger partial charge in [0.2, 0.25) is 0 Å². The predicted octanol–water partition coefficient (Wildman–Crippen LogP) is 0.821. The van der Waals surface area contributed by atoms with Crippen LogP contribution in [0.4, 0.5) is 0 Å². The molecule has 0 aromatic carbocycles. The minimum Gasteiger partial charge on any atom is -0.468 e. The second-order valence-corrected chi connectivity index (χ2v) is 4.30. The van der Waals surface area contributed by atoms with Gasteiger partial charge >= 0.3 is 5.97 Å². The van der Waals surface area contributed by atoms with Crippen molar-refractivity contribution in [3.63, 3.8) is 0 Å². The molecule has 15 heavy (non-hydrogen) atoms. The number of hydrogen-bond acceptors (Lipinski definition) is 4. The lowest BCUT2D eigenvalue weighted by atomic mass is 10.2. The van der Waals surface area contributed by atoms with Gasteiger partial charge in [0.1, 0.15) is 0 Å². The molecular formula is C11H24N2O2. The van der Waals surface area contributed by atoms with Gasteiger partial charge in [0.05, 0.1) is 13.7 Å². The zero-order chi connectivity index (χ0) is 11.8. The summed E-state index contributed by atoms with van der Waals surface area (Å²) < 4.78 is 4.67. The van der Waals surface area contributed by atoms with Crippen molar-refractivity contribution in [1.82, 2.24) is 9.80 Å². The molecule has 0 unspecified atom stereocenters. The number of esters is 1. The van der Waals surface area contributed by atoms with Crippen molar-refractivity contribution < 1.29 is 9.53 Å². The summed E-state index contributed by atoms with van der Waals surface area (Å²) in [4.78, 5) is 15.4. The van der Waals surface area contributed by atoms with E-state index in [1.807, 2.05) is 0 Å². The van der Waals surface area contributed by atoms with Crippen LogP contribution in [0.1, 0.15) is 20.3 Å². The van der Waals surface area contributed by atoms with Gasteiger partial charge < -0.3 is 9.64 Å². The number of methoxy groups -OCH3 is 1. The number of hydrogen-bond donors (Lipinski definition) is 0. The molecule has 0 bridgehead atoms. The highest BCUT2D eigenvalue weighted by Crippen LogP contribution is 2.00. The Bertz CT molecular complexity index is 181. The van der Waals surface area contributed by atoms with Crippen molar-refractivity contribution in [1.29, 1.82) is 0 Å². The highest BCUT2D eigenvalue weighted by molar-refractivity contribution is 5.71. The van der Waals surface area contributed by atoms with E-state index in [0.29, 0.717) is 12.6 Å². The Balaban J connectivity index is 3.89. The van der Waals surface area contributed by atoms with Crippen LogP contribution in [0.5, 0.6) is 0 Å². The number of nitrogens with zero attached hydrogens (tertiary/aromatic N) is 2. The van der Waals surface area contributed by atoms with Gasteiger partial charge in [-0.25, -0.2) is 0 Å². The summed E-state index contributed by atoms with van der Waals surface area (Å²) in [5.41, 5.74) is 0. The minimum absolute atomic E-state index is 0.159. The summed E-state index contributed by atoms with van der Waals surface area (Å²) >= 11 is 0. The fourth-order valence-corrected chi connectivity index (χ4v) is 1.34. The molecule has 0 aliphatic carbocycles. The molecule has 0 N–H and O–H groups in total. The molecule has 0 saturated carbocycles. The molecule has 0 aromatic rings. The third-order valence-electron chi connectivity index (χ3n) is 2.34. The van der Waals surface area contributed by atoms with Crippen molar-refractivity contribution in [2.45, 2.75) is 26.3 Å². The zero-order valence-corrected chi connectivity index (χ0v) is 10.6. The lowest BCUT2D eigenvalue weighted by Gasteiger charge is -2.25. The Labute approximate surface area is 93.2 Å². The topological polar surface area (TPSA) is 32.8 Å². The standard InChI is InChI=1S/C11H24N2O2/c1-10(2)13(9-11(14)15-5)8-6-7-12(3)4/h10H,6-9H2,1-5H3. The van der Waals surface area contributed by atoms with Gasteiger partial charge in [-0.1, -0.05) is 0 Å². The molecule has 0 saturated heterocycles. The molecule has 90 valence electrons. The number of carbonyl (C=O) groups is 1. The summed E-state index contributed by atoms with van der Waals surface area (Å²) in [6.07, 6.45) is 1.07. The molecule has 0 heterocycles. The molecule has 4 nitrogen and oxygen atoms in total. The van der Waals surface area contributed by atoms with Crippen molar-refractivity contribution in [3.8, 4) is 0 Å². The second-order valence-electron chi connectivity index (χ2n) is 4.30. The van der Waals surface area contributed by atoms with Gasteiger partial charge in [0.25, 0.3) is 0 Å². The van der Waals surface area contributed by atoms with Crippen LogP contribution in [0.2, 0.25) is 0 Å². The first-order valence-electron chi connectivity index (χ1n) is 5.43. The molecular weight excluding hydrogens is 192 g/mol. The molecule has 4 heteroatoms. The van der Waals surface area contributed by atoms with E-state index in [-0.39, 0.29) is 5.97 Å². The molecule has 0 aliphatic heterocycles. The van der Waals surface area contributed by atoms with Gasteiger partial charge in [0, 0.05) is 12.6 Å². The third kappa shape index (κ3) is 7.33. The predicted molar refractivity (Wildman–Crippen MR) is 61.9 cm³/mol. The average Bonchev–Trinajstić information content (AvgIpc) is 2.15. The first-order chi connectivity index (χ1) is 6.97. The van der Waals surface area contributed by atoms with Gasteiger partial charge in [-0.05, 0) is 40.9 Å². The maximum absolute atomic E-state index is 11.1. The maximum Gasteiger partial charge on any atom is 0.319 e. The smallest absolute Gasteiger partial charge is 0.319 e. The van der Waals surface area contributed by atoms with Crippen LogP contribution in [-0.4, -0.2) is 62.7 Å². The second kappa shape index (κ2) is 7.65. The van der Waals surface area contributed by atoms with Crippen LogP contribution in [0.25, 0.3) is 0 Å². The van der Waals surface area contributed by atoms with Crippen LogP contribution >= 0.6 is 0 Å². The Morgan fingerprint density at radius 2 is 1.87 bits per heavy atom. The summed E-state index contributed by atoms with van der Waals surface area (Å²) in [6, 6.07) is 0.381. The largest absolute Gasteiger partial charge is 0.468 e. The quantitative estimate of drug-likeness (QED) is 0.590.